The third-order valence-electron chi connectivity index (χ3n) is 2.48. The van der Waals surface area contributed by atoms with E-state index >= 15 is 0 Å². The molecule has 0 aliphatic rings. The van der Waals surface area contributed by atoms with Crippen molar-refractivity contribution in [1.29, 1.82) is 0 Å². The van der Waals surface area contributed by atoms with E-state index in [1.54, 1.807) is 19.0 Å². The molecule has 1 amide bonds. The summed E-state index contributed by atoms with van der Waals surface area (Å²) in [5.41, 5.74) is 5.13. The highest BCUT2D eigenvalue weighted by molar-refractivity contribution is 9.10. The maximum Gasteiger partial charge on any atom is 0.269 e. The van der Waals surface area contributed by atoms with Gasteiger partial charge in [-0.2, -0.15) is 0 Å². The Labute approximate surface area is 131 Å². The third kappa shape index (κ3) is 3.30. The molecule has 2 rings (SSSR count). The number of carbonyl (C=O) groups excluding carboxylic acids is 1. The SMILES string of the molecule is CN(C)c1nc(N)c(C(=O)Nc2c(F)cc(Br)cc2F)s1. The molecule has 5 nitrogen and oxygen atoms in total. The lowest BCUT2D eigenvalue weighted by atomic mass is 10.3. The predicted molar refractivity (Wildman–Crippen MR) is 82.9 cm³/mol. The molecule has 0 aliphatic heterocycles. The molecule has 0 unspecified atom stereocenters. The van der Waals surface area contributed by atoms with Crippen LogP contribution in [-0.2, 0) is 0 Å². The molecular weight excluding hydrogens is 366 g/mol. The number of thiazole rings is 1. The number of nitrogens with two attached hydrogens (primary N) is 1. The molecule has 3 N–H and O–H groups in total. The summed E-state index contributed by atoms with van der Waals surface area (Å²) in [5, 5.41) is 2.70. The van der Waals surface area contributed by atoms with Crippen LogP contribution in [0.2, 0.25) is 0 Å². The van der Waals surface area contributed by atoms with Crippen LogP contribution in [0.5, 0.6) is 0 Å². The lowest BCUT2D eigenvalue weighted by molar-refractivity contribution is 0.103. The van der Waals surface area contributed by atoms with Gasteiger partial charge in [0.2, 0.25) is 0 Å². The average molecular weight is 377 g/mol. The molecule has 0 radical (unpaired) electrons. The maximum atomic E-state index is 13.7. The van der Waals surface area contributed by atoms with Gasteiger partial charge in [0.25, 0.3) is 5.91 Å². The van der Waals surface area contributed by atoms with E-state index in [1.165, 1.54) is 0 Å². The Morgan fingerprint density at radius 3 is 2.43 bits per heavy atom. The van der Waals surface area contributed by atoms with Gasteiger partial charge in [0.05, 0.1) is 0 Å². The van der Waals surface area contributed by atoms with Crippen molar-refractivity contribution >= 4 is 49.8 Å². The van der Waals surface area contributed by atoms with Gasteiger partial charge in [-0.1, -0.05) is 27.3 Å². The zero-order chi connectivity index (χ0) is 15.7. The molecule has 0 saturated carbocycles. The van der Waals surface area contributed by atoms with E-state index < -0.39 is 23.2 Å². The summed E-state index contributed by atoms with van der Waals surface area (Å²) in [4.78, 5) is 17.9. The Morgan fingerprint density at radius 2 is 1.95 bits per heavy atom. The van der Waals surface area contributed by atoms with Crippen molar-refractivity contribution in [2.24, 2.45) is 0 Å². The first-order chi connectivity index (χ1) is 9.79. The van der Waals surface area contributed by atoms with Gasteiger partial charge in [0.1, 0.15) is 16.4 Å². The number of anilines is 3. The van der Waals surface area contributed by atoms with E-state index in [9.17, 15) is 13.6 Å². The highest BCUT2D eigenvalue weighted by Crippen LogP contribution is 2.29. The third-order valence-corrected chi connectivity index (χ3v) is 4.17. The molecule has 2 aromatic rings. The van der Waals surface area contributed by atoms with Crippen LogP contribution in [0.1, 0.15) is 9.67 Å². The summed E-state index contributed by atoms with van der Waals surface area (Å²) in [6, 6.07) is 2.11. The monoisotopic (exact) mass is 376 g/mol. The molecule has 0 aliphatic carbocycles. The van der Waals surface area contributed by atoms with Crippen molar-refractivity contribution in [2.45, 2.75) is 0 Å². The van der Waals surface area contributed by atoms with Crippen molar-refractivity contribution in [1.82, 2.24) is 4.98 Å². The van der Waals surface area contributed by atoms with E-state index in [-0.39, 0.29) is 15.2 Å². The Kier molecular flexibility index (Phi) is 4.43. The van der Waals surface area contributed by atoms with Crippen LogP contribution in [-0.4, -0.2) is 25.0 Å². The molecule has 9 heteroatoms. The van der Waals surface area contributed by atoms with Crippen molar-refractivity contribution in [2.75, 3.05) is 30.0 Å². The number of amides is 1. The Hall–Kier alpha value is -1.74. The minimum Gasteiger partial charge on any atom is -0.382 e. The molecule has 0 saturated heterocycles. The molecule has 0 spiro atoms. The lowest BCUT2D eigenvalue weighted by Crippen LogP contribution is -2.14. The summed E-state index contributed by atoms with van der Waals surface area (Å²) < 4.78 is 27.6. The second kappa shape index (κ2) is 5.94. The van der Waals surface area contributed by atoms with Crippen molar-refractivity contribution in [3.8, 4) is 0 Å². The highest BCUT2D eigenvalue weighted by atomic mass is 79.9. The standard InChI is InChI=1S/C12H11BrF2N4OS/c1-19(2)12-18-10(16)9(21-12)11(20)17-8-6(14)3-5(13)4-7(8)15/h3-4H,16H2,1-2H3,(H,17,20). The fraction of sp³-hybridized carbons (Fsp3) is 0.167. The number of nitrogen functional groups attached to an aromatic ring is 1. The summed E-state index contributed by atoms with van der Waals surface area (Å²) in [6.45, 7) is 0. The molecule has 0 fully saturated rings. The average Bonchev–Trinajstić information content (AvgIpc) is 2.76. The first kappa shape index (κ1) is 15.6. The number of nitrogens with one attached hydrogen (secondary N) is 1. The Bertz CT molecular complexity index is 682. The number of halogens is 3. The minimum absolute atomic E-state index is 0.0131. The molecule has 0 bridgehead atoms. The molecule has 1 aromatic heterocycles. The molecule has 1 heterocycles. The van der Waals surface area contributed by atoms with Gasteiger partial charge in [-0.15, -0.1) is 0 Å². The number of carbonyl (C=O) groups is 1. The number of benzene rings is 1. The fourth-order valence-corrected chi connectivity index (χ4v) is 2.71. The predicted octanol–water partition coefficient (Wildman–Crippen LogP) is 3.08. The minimum atomic E-state index is -0.883. The smallest absolute Gasteiger partial charge is 0.269 e. The molecule has 0 atom stereocenters. The van der Waals surface area contributed by atoms with Gasteiger partial charge in [0.15, 0.2) is 16.8 Å². The van der Waals surface area contributed by atoms with Gasteiger partial charge >= 0.3 is 0 Å². The van der Waals surface area contributed by atoms with Gasteiger partial charge in [-0.25, -0.2) is 13.8 Å². The Morgan fingerprint density at radius 1 is 1.38 bits per heavy atom. The lowest BCUT2D eigenvalue weighted by Gasteiger charge is -2.07. The zero-order valence-corrected chi connectivity index (χ0v) is 13.5. The first-order valence-electron chi connectivity index (χ1n) is 5.69. The molecule has 1 aromatic carbocycles. The zero-order valence-electron chi connectivity index (χ0n) is 11.1. The summed E-state index contributed by atoms with van der Waals surface area (Å²) in [6.07, 6.45) is 0. The molecule has 21 heavy (non-hydrogen) atoms. The van der Waals surface area contributed by atoms with E-state index in [0.29, 0.717) is 5.13 Å². The maximum absolute atomic E-state index is 13.7. The second-order valence-corrected chi connectivity index (χ2v) is 6.20. The number of aromatic nitrogens is 1. The van der Waals surface area contributed by atoms with E-state index in [1.807, 2.05) is 0 Å². The van der Waals surface area contributed by atoms with Gasteiger partial charge in [-0.3, -0.25) is 4.79 Å². The van der Waals surface area contributed by atoms with Crippen LogP contribution in [0.25, 0.3) is 0 Å². The first-order valence-corrected chi connectivity index (χ1v) is 7.30. The number of hydrogen-bond acceptors (Lipinski definition) is 5. The molecule has 112 valence electrons. The van der Waals surface area contributed by atoms with Crippen molar-refractivity contribution in [3.05, 3.63) is 33.1 Å². The van der Waals surface area contributed by atoms with Gasteiger partial charge in [0, 0.05) is 18.6 Å². The van der Waals surface area contributed by atoms with Gasteiger partial charge < -0.3 is 16.0 Å². The van der Waals surface area contributed by atoms with Crippen molar-refractivity contribution in [3.63, 3.8) is 0 Å². The van der Waals surface area contributed by atoms with E-state index in [0.717, 1.165) is 23.5 Å². The van der Waals surface area contributed by atoms with Gasteiger partial charge in [-0.05, 0) is 12.1 Å². The quantitative estimate of drug-likeness (QED) is 0.863. The Balaban J connectivity index is 2.30. The van der Waals surface area contributed by atoms with E-state index in [4.69, 9.17) is 5.73 Å². The second-order valence-electron chi connectivity index (χ2n) is 4.30. The van der Waals surface area contributed by atoms with Crippen LogP contribution in [0.4, 0.5) is 25.4 Å². The summed E-state index contributed by atoms with van der Waals surface area (Å²) in [7, 11) is 3.49. The highest BCUT2D eigenvalue weighted by Gasteiger charge is 2.20. The number of nitrogens with zero attached hydrogens (tertiary/aromatic N) is 2. The van der Waals surface area contributed by atoms with Crippen LogP contribution >= 0.6 is 27.3 Å². The summed E-state index contributed by atoms with van der Waals surface area (Å²) in [5.74, 6) is -2.46. The molecular formula is C12H11BrF2N4OS. The number of rotatable bonds is 3. The normalized spacial score (nSPS) is 10.5. The largest absolute Gasteiger partial charge is 0.382 e. The van der Waals surface area contributed by atoms with Crippen LogP contribution in [0, 0.1) is 11.6 Å². The summed E-state index contributed by atoms with van der Waals surface area (Å²) >= 11 is 4.00. The van der Waals surface area contributed by atoms with Crippen LogP contribution in [0.3, 0.4) is 0 Å². The number of hydrogen-bond donors (Lipinski definition) is 2. The topological polar surface area (TPSA) is 71.2 Å². The van der Waals surface area contributed by atoms with E-state index in [2.05, 4.69) is 26.2 Å². The van der Waals surface area contributed by atoms with Crippen LogP contribution in [0.15, 0.2) is 16.6 Å². The fourth-order valence-electron chi connectivity index (χ4n) is 1.51. The van der Waals surface area contributed by atoms with Crippen molar-refractivity contribution < 1.29 is 13.6 Å². The van der Waals surface area contributed by atoms with Crippen LogP contribution < -0.4 is 16.0 Å².